The Labute approximate surface area is 88.9 Å². The van der Waals surface area contributed by atoms with Crippen molar-refractivity contribution in [2.75, 3.05) is 6.54 Å². The second-order valence-electron chi connectivity index (χ2n) is 3.45. The lowest BCUT2D eigenvalue weighted by Crippen LogP contribution is -2.20. The molecule has 0 saturated carbocycles. The Balaban J connectivity index is 1.70. The predicted molar refractivity (Wildman–Crippen MR) is 57.4 cm³/mol. The van der Waals surface area contributed by atoms with Crippen LogP contribution >= 0.6 is 0 Å². The Bertz CT molecular complexity index is 392. The molecule has 0 aliphatic carbocycles. The van der Waals surface area contributed by atoms with Gasteiger partial charge in [-0.3, -0.25) is 4.68 Å². The molecule has 0 aliphatic heterocycles. The second kappa shape index (κ2) is 4.79. The number of nitrogens with one attached hydrogen (secondary N) is 1. The molecular weight excluding hydrogens is 190 g/mol. The van der Waals surface area contributed by atoms with Crippen LogP contribution in [0.15, 0.2) is 35.1 Å². The third-order valence-electron chi connectivity index (χ3n) is 2.31. The number of hydrogen-bond acceptors (Lipinski definition) is 3. The molecule has 2 heterocycles. The molecule has 0 atom stereocenters. The average molecular weight is 205 g/mol. The van der Waals surface area contributed by atoms with E-state index in [1.54, 1.807) is 6.26 Å². The standard InChI is InChI=1S/C11H15N3O/c1-10-4-5-13-14(10)7-6-12-9-11-3-2-8-15-11/h2-5,8,12H,6-7,9H2,1H3. The van der Waals surface area contributed by atoms with Crippen molar-refractivity contribution >= 4 is 0 Å². The number of nitrogens with zero attached hydrogens (tertiary/aromatic N) is 2. The summed E-state index contributed by atoms with van der Waals surface area (Å²) in [5.74, 6) is 0.965. The van der Waals surface area contributed by atoms with E-state index in [1.807, 2.05) is 29.1 Å². The fourth-order valence-corrected chi connectivity index (χ4v) is 1.44. The van der Waals surface area contributed by atoms with Crippen LogP contribution in [0.3, 0.4) is 0 Å². The summed E-state index contributed by atoms with van der Waals surface area (Å²) in [5.41, 5.74) is 1.19. The van der Waals surface area contributed by atoms with Crippen LogP contribution in [0.4, 0.5) is 0 Å². The highest BCUT2D eigenvalue weighted by molar-refractivity contribution is 4.98. The van der Waals surface area contributed by atoms with Gasteiger partial charge in [0.25, 0.3) is 0 Å². The summed E-state index contributed by atoms with van der Waals surface area (Å²) >= 11 is 0. The largest absolute Gasteiger partial charge is 0.468 e. The van der Waals surface area contributed by atoms with Crippen LogP contribution in [0.2, 0.25) is 0 Å². The number of hydrogen-bond donors (Lipinski definition) is 1. The van der Waals surface area contributed by atoms with Gasteiger partial charge in [0.1, 0.15) is 5.76 Å². The van der Waals surface area contributed by atoms with Gasteiger partial charge in [-0.15, -0.1) is 0 Å². The van der Waals surface area contributed by atoms with Gasteiger partial charge in [-0.1, -0.05) is 0 Å². The molecular formula is C11H15N3O. The van der Waals surface area contributed by atoms with Crippen molar-refractivity contribution < 1.29 is 4.42 Å². The zero-order chi connectivity index (χ0) is 10.5. The maximum atomic E-state index is 5.21. The van der Waals surface area contributed by atoms with Crippen molar-refractivity contribution in [1.29, 1.82) is 0 Å². The minimum Gasteiger partial charge on any atom is -0.468 e. The zero-order valence-corrected chi connectivity index (χ0v) is 8.81. The molecule has 1 N–H and O–H groups in total. The number of aryl methyl sites for hydroxylation is 1. The summed E-state index contributed by atoms with van der Waals surface area (Å²) in [6.45, 7) is 4.61. The van der Waals surface area contributed by atoms with E-state index in [9.17, 15) is 0 Å². The van der Waals surface area contributed by atoms with Crippen LogP contribution in [0, 0.1) is 6.92 Å². The van der Waals surface area contributed by atoms with E-state index in [2.05, 4.69) is 17.3 Å². The fourth-order valence-electron chi connectivity index (χ4n) is 1.44. The van der Waals surface area contributed by atoms with E-state index >= 15 is 0 Å². The first-order valence-corrected chi connectivity index (χ1v) is 5.08. The van der Waals surface area contributed by atoms with E-state index < -0.39 is 0 Å². The third kappa shape index (κ3) is 2.70. The minimum atomic E-state index is 0.771. The normalized spacial score (nSPS) is 10.7. The number of aromatic nitrogens is 2. The van der Waals surface area contributed by atoms with Gasteiger partial charge >= 0.3 is 0 Å². The maximum absolute atomic E-state index is 5.21. The molecule has 0 saturated heterocycles. The molecule has 0 radical (unpaired) electrons. The molecule has 0 fully saturated rings. The molecule has 2 aromatic rings. The summed E-state index contributed by atoms with van der Waals surface area (Å²) < 4.78 is 7.19. The Hall–Kier alpha value is -1.55. The van der Waals surface area contributed by atoms with Crippen LogP contribution in [-0.4, -0.2) is 16.3 Å². The van der Waals surface area contributed by atoms with E-state index in [1.165, 1.54) is 5.69 Å². The SMILES string of the molecule is Cc1ccnn1CCNCc1ccco1. The molecule has 0 spiro atoms. The third-order valence-corrected chi connectivity index (χ3v) is 2.31. The highest BCUT2D eigenvalue weighted by Gasteiger charge is 1.97. The topological polar surface area (TPSA) is 43.0 Å². The average Bonchev–Trinajstić information content (AvgIpc) is 2.85. The van der Waals surface area contributed by atoms with Gasteiger partial charge in [0.05, 0.1) is 19.4 Å². The minimum absolute atomic E-state index is 0.771. The molecule has 0 unspecified atom stereocenters. The Kier molecular flexibility index (Phi) is 3.19. The quantitative estimate of drug-likeness (QED) is 0.753. The first-order valence-electron chi connectivity index (χ1n) is 5.08. The molecule has 4 heteroatoms. The Morgan fingerprint density at radius 2 is 2.40 bits per heavy atom. The van der Waals surface area contributed by atoms with Crippen LogP contribution in [0.5, 0.6) is 0 Å². The molecule has 80 valence electrons. The second-order valence-corrected chi connectivity index (χ2v) is 3.45. The van der Waals surface area contributed by atoms with Gasteiger partial charge < -0.3 is 9.73 Å². The first kappa shape index (κ1) is 9.98. The summed E-state index contributed by atoms with van der Waals surface area (Å²) in [6, 6.07) is 5.87. The Morgan fingerprint density at radius 1 is 1.47 bits per heavy atom. The van der Waals surface area contributed by atoms with Crippen molar-refractivity contribution in [1.82, 2.24) is 15.1 Å². The highest BCUT2D eigenvalue weighted by Crippen LogP contribution is 1.98. The molecule has 0 aromatic carbocycles. The number of rotatable bonds is 5. The van der Waals surface area contributed by atoms with E-state index in [-0.39, 0.29) is 0 Å². The molecule has 15 heavy (non-hydrogen) atoms. The maximum Gasteiger partial charge on any atom is 0.117 e. The molecule has 0 aliphatic rings. The molecule has 4 nitrogen and oxygen atoms in total. The molecule has 2 rings (SSSR count). The fraction of sp³-hybridized carbons (Fsp3) is 0.364. The smallest absolute Gasteiger partial charge is 0.117 e. The molecule has 0 amide bonds. The monoisotopic (exact) mass is 205 g/mol. The van der Waals surface area contributed by atoms with Gasteiger partial charge in [-0.25, -0.2) is 0 Å². The Morgan fingerprint density at radius 3 is 3.07 bits per heavy atom. The first-order chi connectivity index (χ1) is 7.36. The lowest BCUT2D eigenvalue weighted by atomic mass is 10.4. The van der Waals surface area contributed by atoms with Crippen molar-refractivity contribution in [2.45, 2.75) is 20.0 Å². The molecule has 2 aromatic heterocycles. The molecule has 0 bridgehead atoms. The highest BCUT2D eigenvalue weighted by atomic mass is 16.3. The van der Waals surface area contributed by atoms with Crippen molar-refractivity contribution in [2.24, 2.45) is 0 Å². The zero-order valence-electron chi connectivity index (χ0n) is 8.81. The van der Waals surface area contributed by atoms with Gasteiger partial charge in [0, 0.05) is 18.4 Å². The van der Waals surface area contributed by atoms with Gasteiger partial charge in [0.2, 0.25) is 0 Å². The van der Waals surface area contributed by atoms with Crippen LogP contribution < -0.4 is 5.32 Å². The van der Waals surface area contributed by atoms with Crippen molar-refractivity contribution in [3.8, 4) is 0 Å². The van der Waals surface area contributed by atoms with Gasteiger partial charge in [-0.2, -0.15) is 5.10 Å². The lowest BCUT2D eigenvalue weighted by molar-refractivity contribution is 0.468. The van der Waals surface area contributed by atoms with E-state index in [4.69, 9.17) is 4.42 Å². The number of furan rings is 1. The van der Waals surface area contributed by atoms with Crippen LogP contribution in [0.25, 0.3) is 0 Å². The van der Waals surface area contributed by atoms with Crippen molar-refractivity contribution in [3.05, 3.63) is 42.1 Å². The predicted octanol–water partition coefficient (Wildman–Crippen LogP) is 1.57. The summed E-state index contributed by atoms with van der Waals surface area (Å²) in [4.78, 5) is 0. The van der Waals surface area contributed by atoms with E-state index in [0.717, 1.165) is 25.4 Å². The van der Waals surface area contributed by atoms with Gasteiger partial charge in [0.15, 0.2) is 0 Å². The van der Waals surface area contributed by atoms with Gasteiger partial charge in [-0.05, 0) is 25.1 Å². The lowest BCUT2D eigenvalue weighted by Gasteiger charge is -2.04. The summed E-state index contributed by atoms with van der Waals surface area (Å²) in [7, 11) is 0. The van der Waals surface area contributed by atoms with Crippen LogP contribution in [0.1, 0.15) is 11.5 Å². The summed E-state index contributed by atoms with van der Waals surface area (Å²) in [5, 5.41) is 7.50. The van der Waals surface area contributed by atoms with Crippen LogP contribution in [-0.2, 0) is 13.1 Å². The summed E-state index contributed by atoms with van der Waals surface area (Å²) in [6.07, 6.45) is 3.51. The van der Waals surface area contributed by atoms with Crippen molar-refractivity contribution in [3.63, 3.8) is 0 Å². The van der Waals surface area contributed by atoms with E-state index in [0.29, 0.717) is 0 Å².